The molecule has 27 heavy (non-hydrogen) atoms. The Balaban J connectivity index is 1.28. The first-order valence-electron chi connectivity index (χ1n) is 9.68. The Labute approximate surface area is 159 Å². The average molecular weight is 373 g/mol. The van der Waals surface area contributed by atoms with Gasteiger partial charge in [-0.25, -0.2) is 4.79 Å². The van der Waals surface area contributed by atoms with Gasteiger partial charge in [0.1, 0.15) is 5.54 Å². The SMILES string of the molecule is CC(Cc1ccc2c(c1)OCO2)CN1CCC(C2(C)NC(=O)NC2=O)CC1. The predicted molar refractivity (Wildman–Crippen MR) is 99.7 cm³/mol. The van der Waals surface area contributed by atoms with Gasteiger partial charge in [0, 0.05) is 6.54 Å². The van der Waals surface area contributed by atoms with Crippen molar-refractivity contribution in [3.8, 4) is 11.5 Å². The predicted octanol–water partition coefficient (Wildman–Crippen LogP) is 1.90. The number of benzene rings is 1. The number of piperidine rings is 1. The van der Waals surface area contributed by atoms with Crippen LogP contribution in [0.15, 0.2) is 18.2 Å². The van der Waals surface area contributed by atoms with Crippen molar-refractivity contribution in [2.24, 2.45) is 11.8 Å². The molecule has 2 atom stereocenters. The molecule has 0 bridgehead atoms. The molecule has 7 heteroatoms. The molecule has 0 aliphatic carbocycles. The molecule has 0 aromatic heterocycles. The number of carbonyl (C=O) groups excluding carboxylic acids is 2. The van der Waals surface area contributed by atoms with Crippen LogP contribution >= 0.6 is 0 Å². The second kappa shape index (κ2) is 7.03. The maximum atomic E-state index is 12.1. The molecule has 2 fully saturated rings. The van der Waals surface area contributed by atoms with Crippen LogP contribution in [-0.2, 0) is 11.2 Å². The van der Waals surface area contributed by atoms with Gasteiger partial charge in [-0.2, -0.15) is 0 Å². The molecule has 0 radical (unpaired) electrons. The molecule has 146 valence electrons. The number of carbonyl (C=O) groups is 2. The lowest BCUT2D eigenvalue weighted by Crippen LogP contribution is -2.54. The van der Waals surface area contributed by atoms with E-state index in [1.807, 2.05) is 13.0 Å². The largest absolute Gasteiger partial charge is 0.454 e. The van der Waals surface area contributed by atoms with E-state index in [1.54, 1.807) is 0 Å². The third kappa shape index (κ3) is 3.60. The molecular formula is C20H27N3O4. The third-order valence-corrected chi connectivity index (χ3v) is 6.07. The third-order valence-electron chi connectivity index (χ3n) is 6.07. The van der Waals surface area contributed by atoms with E-state index < -0.39 is 5.54 Å². The van der Waals surface area contributed by atoms with Gasteiger partial charge in [-0.3, -0.25) is 10.1 Å². The highest BCUT2D eigenvalue weighted by molar-refractivity contribution is 6.06. The minimum Gasteiger partial charge on any atom is -0.454 e. The van der Waals surface area contributed by atoms with Gasteiger partial charge < -0.3 is 19.7 Å². The Morgan fingerprint density at radius 1 is 1.22 bits per heavy atom. The number of urea groups is 1. The fourth-order valence-electron chi connectivity index (χ4n) is 4.51. The zero-order valence-electron chi connectivity index (χ0n) is 15.9. The van der Waals surface area contributed by atoms with Gasteiger partial charge in [0.05, 0.1) is 0 Å². The molecule has 3 aliphatic heterocycles. The molecule has 1 aromatic carbocycles. The quantitative estimate of drug-likeness (QED) is 0.771. The van der Waals surface area contributed by atoms with Gasteiger partial charge in [-0.05, 0) is 68.8 Å². The summed E-state index contributed by atoms with van der Waals surface area (Å²) in [6.45, 7) is 7.35. The summed E-state index contributed by atoms with van der Waals surface area (Å²) in [5.41, 5.74) is 0.501. The van der Waals surface area contributed by atoms with E-state index in [-0.39, 0.29) is 17.9 Å². The number of amides is 3. The minimum atomic E-state index is -0.763. The van der Waals surface area contributed by atoms with Gasteiger partial charge >= 0.3 is 6.03 Å². The summed E-state index contributed by atoms with van der Waals surface area (Å²) in [7, 11) is 0. The van der Waals surface area contributed by atoms with Crippen molar-refractivity contribution in [3.63, 3.8) is 0 Å². The van der Waals surface area contributed by atoms with Crippen molar-refractivity contribution in [1.82, 2.24) is 15.5 Å². The molecule has 3 amide bonds. The summed E-state index contributed by atoms with van der Waals surface area (Å²) in [6, 6.07) is 5.80. The number of nitrogens with zero attached hydrogens (tertiary/aromatic N) is 1. The Hall–Kier alpha value is -2.28. The van der Waals surface area contributed by atoms with Crippen molar-refractivity contribution < 1.29 is 19.1 Å². The van der Waals surface area contributed by atoms with E-state index in [2.05, 4.69) is 34.6 Å². The molecular weight excluding hydrogens is 346 g/mol. The highest BCUT2D eigenvalue weighted by Gasteiger charge is 2.48. The Bertz CT molecular complexity index is 745. The first-order valence-corrected chi connectivity index (χ1v) is 9.68. The van der Waals surface area contributed by atoms with Crippen LogP contribution in [0, 0.1) is 11.8 Å². The minimum absolute atomic E-state index is 0.185. The number of hydrogen-bond acceptors (Lipinski definition) is 5. The van der Waals surface area contributed by atoms with E-state index in [1.165, 1.54) is 5.56 Å². The van der Waals surface area contributed by atoms with Crippen LogP contribution in [0.5, 0.6) is 11.5 Å². The number of ether oxygens (including phenoxy) is 2. The molecule has 2 N–H and O–H groups in total. The first kappa shape index (κ1) is 18.1. The summed E-state index contributed by atoms with van der Waals surface area (Å²) in [5.74, 6) is 2.18. The maximum absolute atomic E-state index is 12.1. The summed E-state index contributed by atoms with van der Waals surface area (Å²) in [4.78, 5) is 26.1. The van der Waals surface area contributed by atoms with Gasteiger partial charge in [-0.15, -0.1) is 0 Å². The molecule has 1 aromatic rings. The van der Waals surface area contributed by atoms with Crippen LogP contribution in [0.1, 0.15) is 32.3 Å². The second-order valence-corrected chi connectivity index (χ2v) is 8.18. The number of nitrogens with one attached hydrogen (secondary N) is 2. The van der Waals surface area contributed by atoms with Gasteiger partial charge in [-0.1, -0.05) is 13.0 Å². The Morgan fingerprint density at radius 3 is 2.67 bits per heavy atom. The zero-order valence-corrected chi connectivity index (χ0v) is 15.9. The summed E-state index contributed by atoms with van der Waals surface area (Å²) < 4.78 is 10.8. The lowest BCUT2D eigenvalue weighted by atomic mass is 9.79. The fourth-order valence-corrected chi connectivity index (χ4v) is 4.51. The van der Waals surface area contributed by atoms with Crippen molar-refractivity contribution in [1.29, 1.82) is 0 Å². The second-order valence-electron chi connectivity index (χ2n) is 8.18. The highest BCUT2D eigenvalue weighted by Crippen LogP contribution is 2.34. The lowest BCUT2D eigenvalue weighted by Gasteiger charge is -2.39. The number of rotatable bonds is 5. The van der Waals surface area contributed by atoms with E-state index in [4.69, 9.17) is 9.47 Å². The molecule has 3 heterocycles. The first-order chi connectivity index (χ1) is 12.9. The fraction of sp³-hybridized carbons (Fsp3) is 0.600. The topological polar surface area (TPSA) is 79.9 Å². The molecule has 7 nitrogen and oxygen atoms in total. The molecule has 0 spiro atoms. The molecule has 4 rings (SSSR count). The average Bonchev–Trinajstić information content (AvgIpc) is 3.19. The maximum Gasteiger partial charge on any atom is 0.322 e. The van der Waals surface area contributed by atoms with E-state index in [0.29, 0.717) is 12.7 Å². The Morgan fingerprint density at radius 2 is 1.96 bits per heavy atom. The van der Waals surface area contributed by atoms with E-state index in [0.717, 1.165) is 50.4 Å². The summed E-state index contributed by atoms with van der Waals surface area (Å²) >= 11 is 0. The summed E-state index contributed by atoms with van der Waals surface area (Å²) in [6.07, 6.45) is 2.83. The van der Waals surface area contributed by atoms with Crippen molar-refractivity contribution in [2.45, 2.75) is 38.6 Å². The summed E-state index contributed by atoms with van der Waals surface area (Å²) in [5, 5.41) is 5.19. The number of imide groups is 1. The van der Waals surface area contributed by atoms with Crippen molar-refractivity contribution in [3.05, 3.63) is 23.8 Å². The highest BCUT2D eigenvalue weighted by atomic mass is 16.7. The van der Waals surface area contributed by atoms with Crippen LogP contribution in [-0.4, -0.2) is 48.8 Å². The number of likely N-dealkylation sites (tertiary alicyclic amines) is 1. The lowest BCUT2D eigenvalue weighted by molar-refractivity contribution is -0.125. The molecule has 3 aliphatic rings. The van der Waals surface area contributed by atoms with Crippen LogP contribution in [0.4, 0.5) is 4.79 Å². The normalized spacial score (nSPS) is 26.7. The van der Waals surface area contributed by atoms with Crippen LogP contribution < -0.4 is 20.1 Å². The smallest absolute Gasteiger partial charge is 0.322 e. The van der Waals surface area contributed by atoms with Gasteiger partial charge in [0.2, 0.25) is 6.79 Å². The van der Waals surface area contributed by atoms with Gasteiger partial charge in [0.15, 0.2) is 11.5 Å². The molecule has 0 saturated carbocycles. The van der Waals surface area contributed by atoms with Crippen LogP contribution in [0.2, 0.25) is 0 Å². The van der Waals surface area contributed by atoms with Crippen LogP contribution in [0.25, 0.3) is 0 Å². The molecule has 2 saturated heterocycles. The molecule has 2 unspecified atom stereocenters. The van der Waals surface area contributed by atoms with Crippen LogP contribution in [0.3, 0.4) is 0 Å². The zero-order chi connectivity index (χ0) is 19.0. The van der Waals surface area contributed by atoms with E-state index >= 15 is 0 Å². The van der Waals surface area contributed by atoms with E-state index in [9.17, 15) is 9.59 Å². The van der Waals surface area contributed by atoms with Gasteiger partial charge in [0.25, 0.3) is 5.91 Å². The monoisotopic (exact) mass is 373 g/mol. The number of hydrogen-bond donors (Lipinski definition) is 2. The van der Waals surface area contributed by atoms with Crippen molar-refractivity contribution in [2.75, 3.05) is 26.4 Å². The standard InChI is InChI=1S/C20H27N3O4/c1-13(9-14-3-4-16-17(10-14)27-12-26-16)11-23-7-5-15(6-8-23)20(2)18(24)21-19(25)22-20/h3-4,10,13,15H,5-9,11-12H2,1-2H3,(H2,21,22,24,25). The number of fused-ring (bicyclic) bond motifs is 1. The van der Waals surface area contributed by atoms with Crippen molar-refractivity contribution >= 4 is 11.9 Å². The Kier molecular flexibility index (Phi) is 4.72.